The smallest absolute Gasteiger partial charge is 0.422 e. The summed E-state index contributed by atoms with van der Waals surface area (Å²) in [5.41, 5.74) is 6.53. The van der Waals surface area contributed by atoms with E-state index >= 15 is 0 Å². The first-order valence-electron chi connectivity index (χ1n) is 8.31. The fraction of sp³-hybridized carbons (Fsp3) is 0.611. The van der Waals surface area contributed by atoms with Gasteiger partial charge in [0, 0.05) is 6.54 Å². The van der Waals surface area contributed by atoms with E-state index in [9.17, 15) is 18.0 Å². The maximum atomic E-state index is 12.3. The molecule has 0 bridgehead atoms. The number of methoxy groups -OCH3 is 1. The van der Waals surface area contributed by atoms with Crippen LogP contribution < -0.4 is 20.5 Å². The molecule has 0 saturated carbocycles. The number of carbonyl (C=O) groups excluding carboxylic acids is 1. The summed E-state index contributed by atoms with van der Waals surface area (Å²) in [5.74, 6) is -0.0192. The number of alkyl halides is 3. The summed E-state index contributed by atoms with van der Waals surface area (Å²) in [6, 6.07) is 4.12. The van der Waals surface area contributed by atoms with Gasteiger partial charge in [0.1, 0.15) is 0 Å². The standard InChI is InChI=1S/C18H27F3N2O3/c1-17(2,3)10-13(22)16(24)23-8-7-12-5-6-14(25-4)15(9-12)26-11-18(19,20)21/h5-6,9,13H,7-8,10-11,22H2,1-4H3,(H,23,24)/t13-/m1/s1. The summed E-state index contributed by atoms with van der Waals surface area (Å²) in [6.45, 7) is 4.92. The first-order chi connectivity index (χ1) is 11.9. The predicted octanol–water partition coefficient (Wildman–Crippen LogP) is 3.06. The molecule has 0 aliphatic rings. The minimum atomic E-state index is -4.43. The van der Waals surface area contributed by atoms with E-state index in [-0.39, 0.29) is 22.8 Å². The van der Waals surface area contributed by atoms with Crippen LogP contribution in [-0.4, -0.2) is 38.4 Å². The molecule has 0 heterocycles. The highest BCUT2D eigenvalue weighted by molar-refractivity contribution is 5.81. The van der Waals surface area contributed by atoms with Crippen LogP contribution in [-0.2, 0) is 11.2 Å². The lowest BCUT2D eigenvalue weighted by Crippen LogP contribution is -2.43. The summed E-state index contributed by atoms with van der Waals surface area (Å²) in [7, 11) is 1.35. The minimum absolute atomic E-state index is 0.0121. The molecule has 0 aliphatic heterocycles. The van der Waals surface area contributed by atoms with Crippen LogP contribution in [0.2, 0.25) is 0 Å². The lowest BCUT2D eigenvalue weighted by Gasteiger charge is -2.22. The molecule has 0 unspecified atom stereocenters. The van der Waals surface area contributed by atoms with Crippen molar-refractivity contribution >= 4 is 5.91 Å². The minimum Gasteiger partial charge on any atom is -0.493 e. The molecule has 148 valence electrons. The van der Waals surface area contributed by atoms with E-state index in [4.69, 9.17) is 15.2 Å². The van der Waals surface area contributed by atoms with Gasteiger partial charge in [0.25, 0.3) is 0 Å². The number of ether oxygens (including phenoxy) is 2. The summed E-state index contributed by atoms with van der Waals surface area (Å²) >= 11 is 0. The van der Waals surface area contributed by atoms with Gasteiger partial charge in [0.05, 0.1) is 13.2 Å². The highest BCUT2D eigenvalue weighted by atomic mass is 19.4. The highest BCUT2D eigenvalue weighted by Crippen LogP contribution is 2.30. The van der Waals surface area contributed by atoms with E-state index in [0.29, 0.717) is 24.9 Å². The van der Waals surface area contributed by atoms with Gasteiger partial charge in [0.15, 0.2) is 18.1 Å². The average molecular weight is 376 g/mol. The van der Waals surface area contributed by atoms with Crippen LogP contribution in [0.3, 0.4) is 0 Å². The molecule has 0 spiro atoms. The molecule has 0 aromatic heterocycles. The van der Waals surface area contributed by atoms with Gasteiger partial charge in [-0.15, -0.1) is 0 Å². The fourth-order valence-electron chi connectivity index (χ4n) is 2.36. The Balaban J connectivity index is 2.61. The van der Waals surface area contributed by atoms with Gasteiger partial charge in [0.2, 0.25) is 5.91 Å². The number of benzene rings is 1. The third kappa shape index (κ3) is 8.42. The van der Waals surface area contributed by atoms with Crippen molar-refractivity contribution in [1.82, 2.24) is 5.32 Å². The second kappa shape index (κ2) is 9.12. The van der Waals surface area contributed by atoms with Crippen LogP contribution in [0.25, 0.3) is 0 Å². The largest absolute Gasteiger partial charge is 0.493 e. The molecule has 1 amide bonds. The lowest BCUT2D eigenvalue weighted by molar-refractivity contribution is -0.153. The average Bonchev–Trinajstić information content (AvgIpc) is 2.50. The zero-order valence-electron chi connectivity index (χ0n) is 15.6. The Morgan fingerprint density at radius 2 is 1.88 bits per heavy atom. The molecule has 5 nitrogen and oxygen atoms in total. The molecular formula is C18H27F3N2O3. The van der Waals surface area contributed by atoms with Crippen molar-refractivity contribution in [2.75, 3.05) is 20.3 Å². The van der Waals surface area contributed by atoms with E-state index in [1.165, 1.54) is 19.2 Å². The number of halogens is 3. The van der Waals surface area contributed by atoms with Crippen molar-refractivity contribution in [3.8, 4) is 11.5 Å². The number of nitrogens with one attached hydrogen (secondary N) is 1. The van der Waals surface area contributed by atoms with E-state index in [1.807, 2.05) is 20.8 Å². The molecule has 26 heavy (non-hydrogen) atoms. The molecule has 3 N–H and O–H groups in total. The first-order valence-corrected chi connectivity index (χ1v) is 8.31. The summed E-state index contributed by atoms with van der Waals surface area (Å²) < 4.78 is 46.8. The molecule has 0 radical (unpaired) electrons. The van der Waals surface area contributed by atoms with Crippen LogP contribution >= 0.6 is 0 Å². The molecule has 0 saturated heterocycles. The number of hydrogen-bond donors (Lipinski definition) is 2. The Hall–Kier alpha value is -1.96. The van der Waals surface area contributed by atoms with Crippen molar-refractivity contribution in [2.45, 2.75) is 45.8 Å². The molecular weight excluding hydrogens is 349 g/mol. The number of carbonyl (C=O) groups is 1. The topological polar surface area (TPSA) is 73.6 Å². The van der Waals surface area contributed by atoms with Crippen molar-refractivity contribution in [3.05, 3.63) is 23.8 Å². The molecule has 8 heteroatoms. The second-order valence-corrected chi connectivity index (χ2v) is 7.30. The maximum absolute atomic E-state index is 12.3. The van der Waals surface area contributed by atoms with E-state index in [1.54, 1.807) is 6.07 Å². The second-order valence-electron chi connectivity index (χ2n) is 7.30. The Kier molecular flexibility index (Phi) is 7.74. The molecule has 1 aromatic carbocycles. The van der Waals surface area contributed by atoms with Gasteiger partial charge in [-0.1, -0.05) is 26.8 Å². The van der Waals surface area contributed by atoms with Crippen molar-refractivity contribution in [2.24, 2.45) is 11.1 Å². The highest BCUT2D eigenvalue weighted by Gasteiger charge is 2.29. The van der Waals surface area contributed by atoms with Crippen LogP contribution in [0.4, 0.5) is 13.2 Å². The third-order valence-electron chi connectivity index (χ3n) is 3.50. The van der Waals surface area contributed by atoms with Gasteiger partial charge in [-0.05, 0) is 36.0 Å². The van der Waals surface area contributed by atoms with E-state index < -0.39 is 18.8 Å². The van der Waals surface area contributed by atoms with Crippen molar-refractivity contribution < 1.29 is 27.4 Å². The van der Waals surface area contributed by atoms with E-state index in [2.05, 4.69) is 5.32 Å². The zero-order valence-corrected chi connectivity index (χ0v) is 15.6. The van der Waals surface area contributed by atoms with Gasteiger partial charge in [-0.3, -0.25) is 4.79 Å². The Morgan fingerprint density at radius 3 is 2.42 bits per heavy atom. The monoisotopic (exact) mass is 376 g/mol. The van der Waals surface area contributed by atoms with Crippen LogP contribution in [0.1, 0.15) is 32.8 Å². The van der Waals surface area contributed by atoms with Crippen LogP contribution in [0.15, 0.2) is 18.2 Å². The summed E-state index contributed by atoms with van der Waals surface area (Å²) in [4.78, 5) is 12.0. The van der Waals surface area contributed by atoms with Crippen LogP contribution in [0.5, 0.6) is 11.5 Å². The third-order valence-corrected chi connectivity index (χ3v) is 3.50. The van der Waals surface area contributed by atoms with Crippen LogP contribution in [0, 0.1) is 5.41 Å². The number of rotatable bonds is 8. The Morgan fingerprint density at radius 1 is 1.23 bits per heavy atom. The number of hydrogen-bond acceptors (Lipinski definition) is 4. The van der Waals surface area contributed by atoms with Crippen molar-refractivity contribution in [3.63, 3.8) is 0 Å². The maximum Gasteiger partial charge on any atom is 0.422 e. The van der Waals surface area contributed by atoms with Gasteiger partial charge < -0.3 is 20.5 Å². The molecule has 0 aliphatic carbocycles. The molecule has 0 fully saturated rings. The van der Waals surface area contributed by atoms with Gasteiger partial charge in [-0.2, -0.15) is 13.2 Å². The van der Waals surface area contributed by atoms with Gasteiger partial charge >= 0.3 is 6.18 Å². The zero-order chi connectivity index (χ0) is 20.0. The fourth-order valence-corrected chi connectivity index (χ4v) is 2.36. The predicted molar refractivity (Wildman–Crippen MR) is 93.3 cm³/mol. The Bertz CT molecular complexity index is 598. The molecule has 1 atom stereocenters. The van der Waals surface area contributed by atoms with Gasteiger partial charge in [-0.25, -0.2) is 0 Å². The summed E-state index contributed by atoms with van der Waals surface area (Å²) in [6.07, 6.45) is -3.45. The van der Waals surface area contributed by atoms with E-state index in [0.717, 1.165) is 0 Å². The van der Waals surface area contributed by atoms with Crippen molar-refractivity contribution in [1.29, 1.82) is 0 Å². The Labute approximate surface area is 152 Å². The first kappa shape index (κ1) is 22.1. The SMILES string of the molecule is COc1ccc(CCNC(=O)[C@H](N)CC(C)(C)C)cc1OCC(F)(F)F. The number of nitrogens with two attached hydrogens (primary N) is 1. The quantitative estimate of drug-likeness (QED) is 0.731. The lowest BCUT2D eigenvalue weighted by atomic mass is 9.88. The molecule has 1 aromatic rings. The summed E-state index contributed by atoms with van der Waals surface area (Å²) in [5, 5.41) is 2.74. The number of amides is 1. The normalized spacial score (nSPS) is 13.2. The molecule has 1 rings (SSSR count).